The highest BCUT2D eigenvalue weighted by Crippen LogP contribution is 2.56. The molecule has 0 aromatic rings. The Bertz CT molecular complexity index is 466. The van der Waals surface area contributed by atoms with E-state index < -0.39 is 6.10 Å². The molecule has 1 saturated carbocycles. The third kappa shape index (κ3) is 3.11. The van der Waals surface area contributed by atoms with Crippen molar-refractivity contribution in [2.24, 2.45) is 5.41 Å². The molecule has 4 aliphatic rings. The SMILES string of the molecule is CC[C@H]1CC2(CC2)C[C@@H](/C=C/[C@H]2O[C@@H](CC)C[C@@]3(CO3)[C@@H]2O)O1. The van der Waals surface area contributed by atoms with Crippen LogP contribution in [0, 0.1) is 5.41 Å². The van der Waals surface area contributed by atoms with Gasteiger partial charge in [-0.3, -0.25) is 0 Å². The zero-order valence-corrected chi connectivity index (χ0v) is 14.4. The van der Waals surface area contributed by atoms with Crippen molar-refractivity contribution in [3.8, 4) is 0 Å². The summed E-state index contributed by atoms with van der Waals surface area (Å²) >= 11 is 0. The maximum absolute atomic E-state index is 10.6. The van der Waals surface area contributed by atoms with Gasteiger partial charge in [0.2, 0.25) is 0 Å². The standard InChI is InChI=1S/C19H30O4/c1-3-13-9-18(7-8-18)10-15(22-13)5-6-16-17(20)19(12-21-19)11-14(4-2)23-16/h5-6,13-17,20H,3-4,7-12H2,1-2H3/b6-5+/t13-,14-,15+,16+,17+,19+/m0/s1. The molecule has 6 atom stereocenters. The highest BCUT2D eigenvalue weighted by atomic mass is 16.6. The fourth-order valence-electron chi connectivity index (χ4n) is 4.43. The summed E-state index contributed by atoms with van der Waals surface area (Å²) in [5.41, 5.74) is 0.206. The molecule has 3 aliphatic heterocycles. The van der Waals surface area contributed by atoms with Crippen LogP contribution in [-0.2, 0) is 14.2 Å². The van der Waals surface area contributed by atoms with E-state index in [2.05, 4.69) is 19.9 Å². The first-order valence-corrected chi connectivity index (χ1v) is 9.39. The number of hydrogen-bond acceptors (Lipinski definition) is 4. The van der Waals surface area contributed by atoms with Crippen molar-refractivity contribution in [1.29, 1.82) is 0 Å². The smallest absolute Gasteiger partial charge is 0.123 e. The van der Waals surface area contributed by atoms with Crippen LogP contribution in [0.15, 0.2) is 12.2 Å². The second kappa shape index (κ2) is 5.83. The molecule has 23 heavy (non-hydrogen) atoms. The Balaban J connectivity index is 1.42. The Morgan fingerprint density at radius 3 is 2.30 bits per heavy atom. The first-order valence-electron chi connectivity index (χ1n) is 9.39. The minimum atomic E-state index is -0.554. The van der Waals surface area contributed by atoms with Gasteiger partial charge in [-0.1, -0.05) is 26.0 Å². The molecule has 0 unspecified atom stereocenters. The lowest BCUT2D eigenvalue weighted by Crippen LogP contribution is -2.49. The minimum Gasteiger partial charge on any atom is -0.387 e. The zero-order chi connectivity index (χ0) is 16.1. The monoisotopic (exact) mass is 322 g/mol. The van der Waals surface area contributed by atoms with Crippen molar-refractivity contribution in [2.75, 3.05) is 6.61 Å². The maximum atomic E-state index is 10.6. The van der Waals surface area contributed by atoms with Gasteiger partial charge in [0.15, 0.2) is 0 Å². The summed E-state index contributed by atoms with van der Waals surface area (Å²) in [6.45, 7) is 5.01. The molecule has 0 radical (unpaired) electrons. The molecule has 2 spiro atoms. The van der Waals surface area contributed by atoms with Crippen molar-refractivity contribution in [3.05, 3.63) is 12.2 Å². The predicted molar refractivity (Wildman–Crippen MR) is 87.3 cm³/mol. The van der Waals surface area contributed by atoms with Crippen molar-refractivity contribution < 1.29 is 19.3 Å². The lowest BCUT2D eigenvalue weighted by Gasteiger charge is -2.37. The Kier molecular flexibility index (Phi) is 4.08. The molecule has 1 aliphatic carbocycles. The van der Waals surface area contributed by atoms with Crippen LogP contribution in [0.3, 0.4) is 0 Å². The Hall–Kier alpha value is -0.420. The van der Waals surface area contributed by atoms with Gasteiger partial charge in [0, 0.05) is 6.42 Å². The number of hydrogen-bond donors (Lipinski definition) is 1. The van der Waals surface area contributed by atoms with Crippen molar-refractivity contribution >= 4 is 0 Å². The summed E-state index contributed by atoms with van der Waals surface area (Å²) in [4.78, 5) is 0. The second-order valence-electron chi connectivity index (χ2n) is 8.13. The van der Waals surface area contributed by atoms with E-state index in [1.807, 2.05) is 6.08 Å². The topological polar surface area (TPSA) is 51.2 Å². The normalized spacial score (nSPS) is 48.2. The number of aliphatic hydroxyl groups excluding tert-OH is 1. The Morgan fingerprint density at radius 2 is 1.70 bits per heavy atom. The van der Waals surface area contributed by atoms with E-state index in [-0.39, 0.29) is 23.9 Å². The van der Waals surface area contributed by atoms with E-state index in [1.54, 1.807) is 0 Å². The van der Waals surface area contributed by atoms with Gasteiger partial charge in [-0.2, -0.15) is 0 Å². The van der Waals surface area contributed by atoms with Gasteiger partial charge in [-0.05, 0) is 43.9 Å². The molecule has 1 N–H and O–H groups in total. The third-order valence-corrected chi connectivity index (χ3v) is 6.33. The van der Waals surface area contributed by atoms with E-state index in [1.165, 1.54) is 19.3 Å². The van der Waals surface area contributed by atoms with E-state index in [0.29, 0.717) is 18.1 Å². The lowest BCUT2D eigenvalue weighted by atomic mass is 9.86. The molecule has 0 aromatic carbocycles. The molecule has 3 saturated heterocycles. The van der Waals surface area contributed by atoms with Crippen LogP contribution in [0.4, 0.5) is 0 Å². The van der Waals surface area contributed by atoms with E-state index in [0.717, 1.165) is 25.7 Å². The summed E-state index contributed by atoms with van der Waals surface area (Å²) < 4.78 is 17.9. The highest BCUT2D eigenvalue weighted by molar-refractivity contribution is 5.13. The van der Waals surface area contributed by atoms with Gasteiger partial charge in [-0.15, -0.1) is 0 Å². The molecule has 4 nitrogen and oxygen atoms in total. The lowest BCUT2D eigenvalue weighted by molar-refractivity contribution is -0.133. The van der Waals surface area contributed by atoms with Gasteiger partial charge in [0.05, 0.1) is 24.9 Å². The molecule has 4 heteroatoms. The molecule has 3 heterocycles. The maximum Gasteiger partial charge on any atom is 0.123 e. The molecule has 0 aromatic heterocycles. The first-order chi connectivity index (χ1) is 11.1. The summed E-state index contributed by atoms with van der Waals surface area (Å²) in [6, 6.07) is 0. The second-order valence-corrected chi connectivity index (χ2v) is 8.13. The molecule has 0 amide bonds. The predicted octanol–water partition coefficient (Wildman–Crippen LogP) is 2.98. The summed E-state index contributed by atoms with van der Waals surface area (Å²) in [7, 11) is 0. The number of epoxide rings is 1. The Morgan fingerprint density at radius 1 is 1.00 bits per heavy atom. The van der Waals surface area contributed by atoms with Crippen LogP contribution in [0.25, 0.3) is 0 Å². The van der Waals surface area contributed by atoms with Crippen LogP contribution in [0.5, 0.6) is 0 Å². The van der Waals surface area contributed by atoms with E-state index in [9.17, 15) is 5.11 Å². The summed E-state index contributed by atoms with van der Waals surface area (Å²) in [5.74, 6) is 0. The van der Waals surface area contributed by atoms with Crippen molar-refractivity contribution in [1.82, 2.24) is 0 Å². The number of ether oxygens (including phenoxy) is 3. The average molecular weight is 322 g/mol. The quantitative estimate of drug-likeness (QED) is 0.638. The summed E-state index contributed by atoms with van der Waals surface area (Å²) in [6.07, 6.45) is 12.0. The largest absolute Gasteiger partial charge is 0.387 e. The fourth-order valence-corrected chi connectivity index (χ4v) is 4.43. The zero-order valence-electron chi connectivity index (χ0n) is 14.4. The van der Waals surface area contributed by atoms with Crippen LogP contribution in [-0.4, -0.2) is 47.8 Å². The van der Waals surface area contributed by atoms with Gasteiger partial charge < -0.3 is 19.3 Å². The average Bonchev–Trinajstić information content (AvgIpc) is 3.48. The van der Waals surface area contributed by atoms with Crippen molar-refractivity contribution in [2.45, 2.75) is 94.9 Å². The van der Waals surface area contributed by atoms with Crippen LogP contribution >= 0.6 is 0 Å². The van der Waals surface area contributed by atoms with E-state index in [4.69, 9.17) is 14.2 Å². The molecular weight excluding hydrogens is 292 g/mol. The highest BCUT2D eigenvalue weighted by Gasteiger charge is 2.58. The number of aliphatic hydroxyl groups is 1. The number of rotatable bonds is 4. The fraction of sp³-hybridized carbons (Fsp3) is 0.895. The van der Waals surface area contributed by atoms with E-state index >= 15 is 0 Å². The van der Waals surface area contributed by atoms with Gasteiger partial charge in [0.25, 0.3) is 0 Å². The van der Waals surface area contributed by atoms with Crippen LogP contribution in [0.1, 0.15) is 58.8 Å². The van der Waals surface area contributed by atoms with Crippen LogP contribution < -0.4 is 0 Å². The Labute approximate surface area is 139 Å². The van der Waals surface area contributed by atoms with Gasteiger partial charge in [-0.25, -0.2) is 0 Å². The minimum absolute atomic E-state index is 0.171. The van der Waals surface area contributed by atoms with Gasteiger partial charge >= 0.3 is 0 Å². The first kappa shape index (κ1) is 16.1. The molecule has 4 rings (SSSR count). The van der Waals surface area contributed by atoms with Crippen molar-refractivity contribution in [3.63, 3.8) is 0 Å². The molecule has 130 valence electrons. The van der Waals surface area contributed by atoms with Gasteiger partial charge in [0.1, 0.15) is 17.8 Å². The van der Waals surface area contributed by atoms with Crippen LogP contribution in [0.2, 0.25) is 0 Å². The molecular formula is C19H30O4. The molecule has 4 fully saturated rings. The summed E-state index contributed by atoms with van der Waals surface area (Å²) in [5, 5.41) is 10.6. The molecule has 0 bridgehead atoms. The third-order valence-electron chi connectivity index (χ3n) is 6.33.